The lowest BCUT2D eigenvalue weighted by atomic mass is 9.97. The van der Waals surface area contributed by atoms with Crippen LogP contribution in [-0.2, 0) is 15.9 Å². The molecule has 0 aliphatic carbocycles. The highest BCUT2D eigenvalue weighted by atomic mass is 16.7. The predicted molar refractivity (Wildman–Crippen MR) is 96.6 cm³/mol. The molecule has 0 radical (unpaired) electrons. The lowest BCUT2D eigenvalue weighted by molar-refractivity contribution is -0.269. The van der Waals surface area contributed by atoms with Crippen molar-refractivity contribution in [3.63, 3.8) is 0 Å². The molecule has 0 aromatic heterocycles. The Balaban J connectivity index is 1.71. The summed E-state index contributed by atoms with van der Waals surface area (Å²) in [6, 6.07) is 10.6. The molecule has 1 heterocycles. The van der Waals surface area contributed by atoms with Crippen LogP contribution in [0.5, 0.6) is 0 Å². The van der Waals surface area contributed by atoms with Crippen molar-refractivity contribution in [2.24, 2.45) is 0 Å². The fourth-order valence-corrected chi connectivity index (χ4v) is 3.39. The van der Waals surface area contributed by atoms with Gasteiger partial charge in [0.15, 0.2) is 5.79 Å². The largest absolute Gasteiger partial charge is 0.349 e. The highest BCUT2D eigenvalue weighted by molar-refractivity contribution is 5.16. The van der Waals surface area contributed by atoms with E-state index in [1.807, 2.05) is 0 Å². The normalized spacial score (nSPS) is 17.3. The fourth-order valence-electron chi connectivity index (χ4n) is 3.39. The SMILES string of the molecule is CCCCCCCCCCC1(Cc2ccccc2)OCCCO1. The van der Waals surface area contributed by atoms with Gasteiger partial charge in [0.05, 0.1) is 13.2 Å². The average molecular weight is 319 g/mol. The van der Waals surface area contributed by atoms with Gasteiger partial charge in [0.1, 0.15) is 0 Å². The van der Waals surface area contributed by atoms with E-state index in [9.17, 15) is 0 Å². The van der Waals surface area contributed by atoms with Crippen molar-refractivity contribution in [3.05, 3.63) is 35.9 Å². The Kier molecular flexibility index (Phi) is 8.70. The van der Waals surface area contributed by atoms with E-state index in [0.717, 1.165) is 32.5 Å². The minimum atomic E-state index is -0.373. The summed E-state index contributed by atoms with van der Waals surface area (Å²) >= 11 is 0. The van der Waals surface area contributed by atoms with E-state index in [0.29, 0.717) is 0 Å². The molecule has 0 saturated carbocycles. The van der Waals surface area contributed by atoms with Crippen LogP contribution >= 0.6 is 0 Å². The van der Waals surface area contributed by atoms with Crippen LogP contribution in [-0.4, -0.2) is 19.0 Å². The molecular formula is C21H34O2. The van der Waals surface area contributed by atoms with Crippen LogP contribution in [0.2, 0.25) is 0 Å². The van der Waals surface area contributed by atoms with Crippen LogP contribution in [0.15, 0.2) is 30.3 Å². The molecule has 2 heteroatoms. The molecule has 0 unspecified atom stereocenters. The van der Waals surface area contributed by atoms with Crippen molar-refractivity contribution >= 4 is 0 Å². The second-order valence-electron chi connectivity index (χ2n) is 6.85. The van der Waals surface area contributed by atoms with E-state index < -0.39 is 0 Å². The molecule has 0 bridgehead atoms. The number of rotatable bonds is 11. The van der Waals surface area contributed by atoms with Gasteiger partial charge in [0.2, 0.25) is 0 Å². The lowest BCUT2D eigenvalue weighted by Crippen LogP contribution is -2.42. The Morgan fingerprint density at radius 2 is 1.43 bits per heavy atom. The summed E-state index contributed by atoms with van der Waals surface area (Å²) in [7, 11) is 0. The molecule has 0 spiro atoms. The number of hydrogen-bond acceptors (Lipinski definition) is 2. The van der Waals surface area contributed by atoms with Gasteiger partial charge >= 0.3 is 0 Å². The Bertz CT molecular complexity index is 396. The molecule has 1 saturated heterocycles. The molecule has 0 amide bonds. The van der Waals surface area contributed by atoms with Gasteiger partial charge in [-0.1, -0.05) is 82.2 Å². The second kappa shape index (κ2) is 10.8. The quantitative estimate of drug-likeness (QED) is 0.473. The maximum Gasteiger partial charge on any atom is 0.172 e. The lowest BCUT2D eigenvalue weighted by Gasteiger charge is -2.37. The van der Waals surface area contributed by atoms with Gasteiger partial charge in [-0.15, -0.1) is 0 Å². The van der Waals surface area contributed by atoms with Crippen LogP contribution in [0.4, 0.5) is 0 Å². The van der Waals surface area contributed by atoms with Crippen LogP contribution < -0.4 is 0 Å². The Morgan fingerprint density at radius 1 is 0.826 bits per heavy atom. The summed E-state index contributed by atoms with van der Waals surface area (Å²) in [5.74, 6) is -0.373. The van der Waals surface area contributed by atoms with Crippen molar-refractivity contribution < 1.29 is 9.47 Å². The van der Waals surface area contributed by atoms with Gasteiger partial charge in [-0.25, -0.2) is 0 Å². The molecule has 2 nitrogen and oxygen atoms in total. The number of ether oxygens (including phenoxy) is 2. The summed E-state index contributed by atoms with van der Waals surface area (Å²) in [6.07, 6.45) is 13.7. The molecule has 1 fully saturated rings. The third-order valence-corrected chi connectivity index (χ3v) is 4.75. The fraction of sp³-hybridized carbons (Fsp3) is 0.714. The molecule has 1 aliphatic rings. The first-order valence-electron chi connectivity index (χ1n) is 9.66. The number of benzene rings is 1. The first-order chi connectivity index (χ1) is 11.3. The molecular weight excluding hydrogens is 284 g/mol. The molecule has 2 rings (SSSR count). The average Bonchev–Trinajstić information content (AvgIpc) is 2.59. The van der Waals surface area contributed by atoms with Gasteiger partial charge < -0.3 is 9.47 Å². The molecule has 0 atom stereocenters. The standard InChI is InChI=1S/C21H34O2/c1-2-3-4-5-6-7-8-12-16-21(22-17-13-18-23-21)19-20-14-10-9-11-15-20/h9-11,14-15H,2-8,12-13,16-19H2,1H3. The van der Waals surface area contributed by atoms with E-state index in [-0.39, 0.29) is 5.79 Å². The van der Waals surface area contributed by atoms with E-state index in [2.05, 4.69) is 37.3 Å². The third-order valence-electron chi connectivity index (χ3n) is 4.75. The van der Waals surface area contributed by atoms with Crippen molar-refractivity contribution in [1.82, 2.24) is 0 Å². The highest BCUT2D eigenvalue weighted by Crippen LogP contribution is 2.29. The Morgan fingerprint density at radius 3 is 2.09 bits per heavy atom. The van der Waals surface area contributed by atoms with Crippen LogP contribution in [0.3, 0.4) is 0 Å². The minimum absolute atomic E-state index is 0.373. The van der Waals surface area contributed by atoms with E-state index in [1.54, 1.807) is 0 Å². The van der Waals surface area contributed by atoms with Gasteiger partial charge in [0, 0.05) is 12.8 Å². The first kappa shape index (κ1) is 18.5. The van der Waals surface area contributed by atoms with Crippen LogP contribution in [0, 0.1) is 0 Å². The second-order valence-corrected chi connectivity index (χ2v) is 6.85. The summed E-state index contributed by atoms with van der Waals surface area (Å²) in [5, 5.41) is 0. The van der Waals surface area contributed by atoms with Crippen molar-refractivity contribution in [2.75, 3.05) is 13.2 Å². The van der Waals surface area contributed by atoms with Gasteiger partial charge in [-0.3, -0.25) is 0 Å². The zero-order valence-electron chi connectivity index (χ0n) is 14.9. The minimum Gasteiger partial charge on any atom is -0.349 e. The molecule has 1 aromatic rings. The summed E-state index contributed by atoms with van der Waals surface area (Å²) in [4.78, 5) is 0. The van der Waals surface area contributed by atoms with Gasteiger partial charge in [-0.05, 0) is 18.4 Å². The maximum atomic E-state index is 6.11. The van der Waals surface area contributed by atoms with Crippen molar-refractivity contribution in [2.45, 2.75) is 83.3 Å². The van der Waals surface area contributed by atoms with Gasteiger partial charge in [-0.2, -0.15) is 0 Å². The van der Waals surface area contributed by atoms with Crippen LogP contribution in [0.1, 0.15) is 76.7 Å². The Labute approximate surface area is 142 Å². The van der Waals surface area contributed by atoms with Gasteiger partial charge in [0.25, 0.3) is 0 Å². The maximum absolute atomic E-state index is 6.11. The van der Waals surface area contributed by atoms with E-state index in [1.165, 1.54) is 56.9 Å². The molecule has 1 aliphatic heterocycles. The zero-order chi connectivity index (χ0) is 16.2. The van der Waals surface area contributed by atoms with E-state index in [4.69, 9.17) is 9.47 Å². The predicted octanol–water partition coefficient (Wildman–Crippen LogP) is 5.89. The monoisotopic (exact) mass is 318 g/mol. The summed E-state index contributed by atoms with van der Waals surface area (Å²) in [6.45, 7) is 3.95. The Hall–Kier alpha value is -0.860. The summed E-state index contributed by atoms with van der Waals surface area (Å²) < 4.78 is 12.2. The number of hydrogen-bond donors (Lipinski definition) is 0. The smallest absolute Gasteiger partial charge is 0.172 e. The number of unbranched alkanes of at least 4 members (excludes halogenated alkanes) is 7. The van der Waals surface area contributed by atoms with Crippen molar-refractivity contribution in [3.8, 4) is 0 Å². The summed E-state index contributed by atoms with van der Waals surface area (Å²) in [5.41, 5.74) is 1.31. The molecule has 23 heavy (non-hydrogen) atoms. The van der Waals surface area contributed by atoms with Crippen LogP contribution in [0.25, 0.3) is 0 Å². The van der Waals surface area contributed by atoms with E-state index >= 15 is 0 Å². The molecule has 0 N–H and O–H groups in total. The topological polar surface area (TPSA) is 18.5 Å². The third kappa shape index (κ3) is 7.05. The highest BCUT2D eigenvalue weighted by Gasteiger charge is 2.34. The molecule has 130 valence electrons. The zero-order valence-corrected chi connectivity index (χ0v) is 14.9. The van der Waals surface area contributed by atoms with Crippen molar-refractivity contribution in [1.29, 1.82) is 0 Å². The first-order valence-corrected chi connectivity index (χ1v) is 9.66. The molecule has 1 aromatic carbocycles.